The molecule has 0 aliphatic carbocycles. The van der Waals surface area contributed by atoms with Crippen LogP contribution in [0.5, 0.6) is 5.75 Å². The molecule has 0 radical (unpaired) electrons. The zero-order chi connectivity index (χ0) is 13.9. The Morgan fingerprint density at radius 2 is 1.85 bits per heavy atom. The normalized spacial score (nSPS) is 10.7. The number of carbonyl (C=O) groups is 1. The van der Waals surface area contributed by atoms with Gasteiger partial charge in [0.1, 0.15) is 5.58 Å². The van der Waals surface area contributed by atoms with Crippen LogP contribution in [-0.4, -0.2) is 12.4 Å². The zero-order valence-electron chi connectivity index (χ0n) is 10.5. The number of rotatable bonds is 4. The largest absolute Gasteiger partial charge is 0.482 e. The molecule has 0 fully saturated rings. The van der Waals surface area contributed by atoms with Crippen molar-refractivity contribution in [2.75, 3.05) is 6.61 Å². The molecule has 0 aliphatic rings. The number of Topliss-reactive ketones (excluding diaryl/α,β-unsaturated/α-hetero) is 1. The monoisotopic (exact) mass is 270 g/mol. The third-order valence-electron chi connectivity index (χ3n) is 2.90. The number of furan rings is 1. The Kier molecular flexibility index (Phi) is 3.21. The number of carbonyl (C=O) groups excluding carboxylic acids is 1. The number of benzene rings is 2. The molecule has 0 amide bonds. The molecule has 0 aliphatic heterocycles. The Morgan fingerprint density at radius 1 is 1.10 bits per heavy atom. The average molecular weight is 270 g/mol. The lowest BCUT2D eigenvalue weighted by molar-refractivity contribution is 0.0893. The molecule has 0 N–H and O–H groups in total. The highest BCUT2D eigenvalue weighted by atomic mass is 19.1. The van der Waals surface area contributed by atoms with Crippen LogP contribution in [0, 0.1) is 5.82 Å². The van der Waals surface area contributed by atoms with Gasteiger partial charge in [-0.25, -0.2) is 4.39 Å². The van der Waals surface area contributed by atoms with Gasteiger partial charge in [0.05, 0.1) is 0 Å². The van der Waals surface area contributed by atoms with Crippen LogP contribution in [0.15, 0.2) is 59.0 Å². The molecule has 3 nitrogen and oxygen atoms in total. The lowest BCUT2D eigenvalue weighted by Crippen LogP contribution is -2.11. The van der Waals surface area contributed by atoms with E-state index in [1.54, 1.807) is 24.3 Å². The van der Waals surface area contributed by atoms with E-state index in [9.17, 15) is 9.18 Å². The van der Waals surface area contributed by atoms with E-state index < -0.39 is 5.82 Å². The van der Waals surface area contributed by atoms with E-state index in [2.05, 4.69) is 0 Å². The minimum atomic E-state index is -0.495. The van der Waals surface area contributed by atoms with Crippen molar-refractivity contribution in [2.24, 2.45) is 0 Å². The predicted molar refractivity (Wildman–Crippen MR) is 72.4 cm³/mol. The third kappa shape index (κ3) is 2.40. The van der Waals surface area contributed by atoms with Gasteiger partial charge in [0.25, 0.3) is 0 Å². The molecule has 0 saturated heterocycles. The Hall–Kier alpha value is -2.62. The molecule has 20 heavy (non-hydrogen) atoms. The first-order chi connectivity index (χ1) is 9.74. The summed E-state index contributed by atoms with van der Waals surface area (Å²) in [5.74, 6) is -0.561. The minimum absolute atomic E-state index is 0.0527. The van der Waals surface area contributed by atoms with Gasteiger partial charge in [0, 0.05) is 5.39 Å². The van der Waals surface area contributed by atoms with Crippen molar-refractivity contribution in [2.45, 2.75) is 0 Å². The predicted octanol–water partition coefficient (Wildman–Crippen LogP) is 3.83. The second kappa shape index (κ2) is 5.17. The van der Waals surface area contributed by atoms with Gasteiger partial charge >= 0.3 is 0 Å². The molecule has 1 heterocycles. The smallest absolute Gasteiger partial charge is 0.235 e. The van der Waals surface area contributed by atoms with Gasteiger partial charge in [-0.3, -0.25) is 4.79 Å². The van der Waals surface area contributed by atoms with Crippen molar-refractivity contribution >= 4 is 16.8 Å². The lowest BCUT2D eigenvalue weighted by atomic mass is 10.2. The second-order valence-electron chi connectivity index (χ2n) is 4.29. The van der Waals surface area contributed by atoms with E-state index >= 15 is 0 Å². The SMILES string of the molecule is O=C(COc1ccccc1F)c1cc2ccccc2o1. The fourth-order valence-electron chi connectivity index (χ4n) is 1.90. The summed E-state index contributed by atoms with van der Waals surface area (Å²) in [5, 5.41) is 0.849. The highest BCUT2D eigenvalue weighted by molar-refractivity contribution is 5.98. The van der Waals surface area contributed by atoms with Crippen LogP contribution < -0.4 is 4.74 Å². The fourth-order valence-corrected chi connectivity index (χ4v) is 1.90. The number of hydrogen-bond donors (Lipinski definition) is 0. The summed E-state index contributed by atoms with van der Waals surface area (Å²) >= 11 is 0. The number of ether oxygens (including phenoxy) is 1. The molecule has 4 heteroatoms. The summed E-state index contributed by atoms with van der Waals surface area (Å²) in [5.41, 5.74) is 0.641. The average Bonchev–Trinajstić information content (AvgIpc) is 2.90. The maximum absolute atomic E-state index is 13.4. The van der Waals surface area contributed by atoms with Crippen LogP contribution in [0.4, 0.5) is 4.39 Å². The molecular weight excluding hydrogens is 259 g/mol. The van der Waals surface area contributed by atoms with Crippen molar-refractivity contribution in [3.63, 3.8) is 0 Å². The Balaban J connectivity index is 1.75. The van der Waals surface area contributed by atoms with Crippen LogP contribution in [0.25, 0.3) is 11.0 Å². The van der Waals surface area contributed by atoms with Gasteiger partial charge in [-0.2, -0.15) is 0 Å². The van der Waals surface area contributed by atoms with Gasteiger partial charge in [-0.05, 0) is 24.3 Å². The molecule has 100 valence electrons. The number of hydrogen-bond acceptors (Lipinski definition) is 3. The van der Waals surface area contributed by atoms with Gasteiger partial charge in [0.15, 0.2) is 23.9 Å². The first kappa shape index (κ1) is 12.4. The van der Waals surface area contributed by atoms with Crippen LogP contribution >= 0.6 is 0 Å². The first-order valence-electron chi connectivity index (χ1n) is 6.13. The van der Waals surface area contributed by atoms with E-state index in [0.29, 0.717) is 5.58 Å². The van der Waals surface area contributed by atoms with Crippen LogP contribution in [-0.2, 0) is 0 Å². The summed E-state index contributed by atoms with van der Waals surface area (Å²) < 4.78 is 23.9. The molecule has 2 aromatic carbocycles. The molecule has 1 aromatic heterocycles. The minimum Gasteiger partial charge on any atom is -0.482 e. The van der Waals surface area contributed by atoms with Gasteiger partial charge < -0.3 is 9.15 Å². The van der Waals surface area contributed by atoms with E-state index in [-0.39, 0.29) is 23.9 Å². The Bertz CT molecular complexity index is 728. The highest BCUT2D eigenvalue weighted by Gasteiger charge is 2.13. The van der Waals surface area contributed by atoms with Crippen molar-refractivity contribution < 1.29 is 18.3 Å². The quantitative estimate of drug-likeness (QED) is 0.676. The van der Waals surface area contributed by atoms with Crippen molar-refractivity contribution in [3.8, 4) is 5.75 Å². The number of halogens is 1. The zero-order valence-corrected chi connectivity index (χ0v) is 10.5. The molecule has 0 unspecified atom stereocenters. The fraction of sp³-hybridized carbons (Fsp3) is 0.0625. The summed E-state index contributed by atoms with van der Waals surface area (Å²) in [6, 6.07) is 14.9. The number of fused-ring (bicyclic) bond motifs is 1. The van der Waals surface area contributed by atoms with E-state index in [1.165, 1.54) is 12.1 Å². The molecular formula is C16H11FO3. The molecule has 0 bridgehead atoms. The Morgan fingerprint density at radius 3 is 2.65 bits per heavy atom. The maximum atomic E-state index is 13.4. The molecule has 0 spiro atoms. The topological polar surface area (TPSA) is 39.4 Å². The molecule has 0 saturated carbocycles. The van der Waals surface area contributed by atoms with Crippen molar-refractivity contribution in [1.82, 2.24) is 0 Å². The molecule has 3 aromatic rings. The van der Waals surface area contributed by atoms with Crippen molar-refractivity contribution in [3.05, 3.63) is 66.2 Å². The van der Waals surface area contributed by atoms with E-state index in [1.807, 2.05) is 18.2 Å². The van der Waals surface area contributed by atoms with E-state index in [0.717, 1.165) is 5.39 Å². The summed E-state index contributed by atoms with van der Waals surface area (Å²) in [4.78, 5) is 12.0. The van der Waals surface area contributed by atoms with Crippen LogP contribution in [0.1, 0.15) is 10.6 Å². The lowest BCUT2D eigenvalue weighted by Gasteiger charge is -2.04. The molecule has 3 rings (SSSR count). The van der Waals surface area contributed by atoms with Crippen molar-refractivity contribution in [1.29, 1.82) is 0 Å². The van der Waals surface area contributed by atoms with E-state index in [4.69, 9.17) is 9.15 Å². The maximum Gasteiger partial charge on any atom is 0.235 e. The summed E-state index contributed by atoms with van der Waals surface area (Å²) in [7, 11) is 0. The standard InChI is InChI=1S/C16H11FO3/c17-12-6-2-4-8-15(12)19-10-13(18)16-9-11-5-1-3-7-14(11)20-16/h1-9H,10H2. The Labute approximate surface area is 114 Å². The van der Waals surface area contributed by atoms with Crippen LogP contribution in [0.2, 0.25) is 0 Å². The highest BCUT2D eigenvalue weighted by Crippen LogP contribution is 2.20. The van der Waals surface area contributed by atoms with Crippen LogP contribution in [0.3, 0.4) is 0 Å². The summed E-state index contributed by atoms with van der Waals surface area (Å²) in [6.07, 6.45) is 0. The number of para-hydroxylation sites is 2. The second-order valence-corrected chi connectivity index (χ2v) is 4.29. The van der Waals surface area contributed by atoms with Gasteiger partial charge in [-0.15, -0.1) is 0 Å². The van der Waals surface area contributed by atoms with Gasteiger partial charge in [-0.1, -0.05) is 30.3 Å². The first-order valence-corrected chi connectivity index (χ1v) is 6.13. The number of ketones is 1. The molecule has 0 atom stereocenters. The third-order valence-corrected chi connectivity index (χ3v) is 2.90. The van der Waals surface area contributed by atoms with Gasteiger partial charge in [0.2, 0.25) is 5.78 Å². The summed E-state index contributed by atoms with van der Waals surface area (Å²) in [6.45, 7) is -0.263.